The van der Waals surface area contributed by atoms with Gasteiger partial charge in [-0.1, -0.05) is 31.2 Å². The average molecular weight is 241 g/mol. The normalized spacial score (nSPS) is 26.6. The van der Waals surface area contributed by atoms with Gasteiger partial charge in [-0.2, -0.15) is 0 Å². The Morgan fingerprint density at radius 3 is 2.28 bits per heavy atom. The maximum absolute atomic E-state index is 12.3. The quantitative estimate of drug-likeness (QED) is 0.560. The maximum Gasteiger partial charge on any atom is 0.262 e. The molecule has 1 heterocycles. The summed E-state index contributed by atoms with van der Waals surface area (Å²) in [5.41, 5.74) is 1.07. The lowest BCUT2D eigenvalue weighted by Crippen LogP contribution is -2.40. The van der Waals surface area contributed by atoms with Crippen molar-refractivity contribution in [1.82, 2.24) is 4.90 Å². The van der Waals surface area contributed by atoms with E-state index >= 15 is 0 Å². The van der Waals surface area contributed by atoms with Crippen molar-refractivity contribution in [3.8, 4) is 0 Å². The Balaban J connectivity index is 1.97. The first-order chi connectivity index (χ1) is 8.68. The van der Waals surface area contributed by atoms with Gasteiger partial charge in [-0.15, -0.1) is 0 Å². The van der Waals surface area contributed by atoms with E-state index in [1.54, 1.807) is 24.3 Å². The minimum atomic E-state index is -0.153. The first kappa shape index (κ1) is 11.2. The minimum Gasteiger partial charge on any atom is -0.269 e. The highest BCUT2D eigenvalue weighted by atomic mass is 16.2. The predicted molar refractivity (Wildman–Crippen MR) is 68.3 cm³/mol. The van der Waals surface area contributed by atoms with Gasteiger partial charge in [0.05, 0.1) is 17.2 Å². The second kappa shape index (κ2) is 4.09. The highest BCUT2D eigenvalue weighted by Gasteiger charge is 2.39. The molecule has 0 saturated heterocycles. The van der Waals surface area contributed by atoms with E-state index in [9.17, 15) is 9.59 Å². The molecule has 18 heavy (non-hydrogen) atoms. The molecule has 0 radical (unpaired) electrons. The van der Waals surface area contributed by atoms with Crippen LogP contribution in [-0.4, -0.2) is 22.8 Å². The van der Waals surface area contributed by atoms with Gasteiger partial charge < -0.3 is 0 Å². The van der Waals surface area contributed by atoms with Crippen molar-refractivity contribution in [2.45, 2.75) is 25.8 Å². The van der Waals surface area contributed by atoms with Crippen molar-refractivity contribution in [1.29, 1.82) is 0 Å². The van der Waals surface area contributed by atoms with E-state index in [4.69, 9.17) is 0 Å². The van der Waals surface area contributed by atoms with Gasteiger partial charge >= 0.3 is 0 Å². The number of carbonyl (C=O) groups is 2. The van der Waals surface area contributed by atoms with Crippen molar-refractivity contribution in [2.24, 2.45) is 5.92 Å². The minimum absolute atomic E-state index is 0.0823. The molecule has 0 bridgehead atoms. The van der Waals surface area contributed by atoms with Crippen LogP contribution in [-0.2, 0) is 0 Å². The van der Waals surface area contributed by atoms with Gasteiger partial charge in [0.15, 0.2) is 0 Å². The predicted octanol–water partition coefficient (Wildman–Crippen LogP) is 2.64. The van der Waals surface area contributed by atoms with Crippen molar-refractivity contribution in [3.05, 3.63) is 47.5 Å². The number of hydrogen-bond acceptors (Lipinski definition) is 2. The van der Waals surface area contributed by atoms with E-state index in [2.05, 4.69) is 13.0 Å². The number of rotatable bonds is 1. The van der Waals surface area contributed by atoms with Crippen LogP contribution in [0.3, 0.4) is 0 Å². The van der Waals surface area contributed by atoms with Gasteiger partial charge in [-0.25, -0.2) is 0 Å². The Kier molecular flexibility index (Phi) is 2.54. The molecule has 2 atom stereocenters. The summed E-state index contributed by atoms with van der Waals surface area (Å²) < 4.78 is 0. The van der Waals surface area contributed by atoms with Crippen molar-refractivity contribution >= 4 is 11.8 Å². The van der Waals surface area contributed by atoms with Gasteiger partial charge in [-0.05, 0) is 30.9 Å². The Bertz CT molecular complexity index is 512. The third-order valence-corrected chi connectivity index (χ3v) is 3.70. The molecular weight excluding hydrogens is 226 g/mol. The largest absolute Gasteiger partial charge is 0.269 e. The van der Waals surface area contributed by atoms with Crippen LogP contribution in [0.15, 0.2) is 36.4 Å². The van der Waals surface area contributed by atoms with E-state index in [1.807, 2.05) is 6.08 Å². The number of amides is 2. The zero-order valence-electron chi connectivity index (χ0n) is 10.3. The Hall–Kier alpha value is -1.90. The number of imide groups is 1. The topological polar surface area (TPSA) is 37.4 Å². The standard InChI is InChI=1S/C15H15NO2/c1-10-5-4-6-11(9-10)16-14(17)12-7-2-3-8-13(12)15(16)18/h2-4,6-8,10-11H,5,9H2,1H3. The Morgan fingerprint density at radius 2 is 1.72 bits per heavy atom. The van der Waals surface area contributed by atoms with E-state index < -0.39 is 0 Å². The van der Waals surface area contributed by atoms with E-state index in [0.29, 0.717) is 17.0 Å². The first-order valence-electron chi connectivity index (χ1n) is 6.32. The van der Waals surface area contributed by atoms with Crippen LogP contribution in [0.5, 0.6) is 0 Å². The molecule has 0 N–H and O–H groups in total. The number of nitrogens with zero attached hydrogens (tertiary/aromatic N) is 1. The molecule has 1 aromatic rings. The summed E-state index contributed by atoms with van der Waals surface area (Å²) in [7, 11) is 0. The Morgan fingerprint density at radius 1 is 1.11 bits per heavy atom. The van der Waals surface area contributed by atoms with Gasteiger partial charge in [0.2, 0.25) is 0 Å². The number of allylic oxidation sites excluding steroid dienone is 1. The fourth-order valence-electron chi connectivity index (χ4n) is 2.76. The molecule has 1 aliphatic carbocycles. The second-order valence-corrected chi connectivity index (χ2v) is 5.10. The van der Waals surface area contributed by atoms with Crippen LogP contribution in [0.1, 0.15) is 40.5 Å². The lowest BCUT2D eigenvalue weighted by molar-refractivity contribution is 0.0596. The summed E-state index contributed by atoms with van der Waals surface area (Å²) in [6, 6.07) is 6.97. The van der Waals surface area contributed by atoms with Gasteiger partial charge in [0, 0.05) is 0 Å². The lowest BCUT2D eigenvalue weighted by atomic mass is 9.92. The number of hydrogen-bond donors (Lipinski definition) is 0. The fraction of sp³-hybridized carbons (Fsp3) is 0.333. The van der Waals surface area contributed by atoms with Crippen LogP contribution in [0.4, 0.5) is 0 Å². The molecule has 0 fully saturated rings. The van der Waals surface area contributed by atoms with Crippen LogP contribution < -0.4 is 0 Å². The summed E-state index contributed by atoms with van der Waals surface area (Å²) in [5, 5.41) is 0. The molecule has 0 saturated carbocycles. The van der Waals surface area contributed by atoms with Crippen LogP contribution >= 0.6 is 0 Å². The van der Waals surface area contributed by atoms with E-state index in [0.717, 1.165) is 12.8 Å². The highest BCUT2D eigenvalue weighted by molar-refractivity contribution is 6.21. The number of benzene rings is 1. The maximum atomic E-state index is 12.3. The molecule has 92 valence electrons. The van der Waals surface area contributed by atoms with E-state index in [1.165, 1.54) is 4.90 Å². The zero-order chi connectivity index (χ0) is 12.7. The summed E-state index contributed by atoms with van der Waals surface area (Å²) in [4.78, 5) is 26.0. The second-order valence-electron chi connectivity index (χ2n) is 5.10. The lowest BCUT2D eigenvalue weighted by Gasteiger charge is -2.28. The molecule has 2 unspecified atom stereocenters. The first-order valence-corrected chi connectivity index (χ1v) is 6.32. The molecule has 3 heteroatoms. The summed E-state index contributed by atoms with van der Waals surface area (Å²) in [6.07, 6.45) is 5.95. The molecule has 2 amide bonds. The molecule has 1 aromatic carbocycles. The zero-order valence-corrected chi connectivity index (χ0v) is 10.3. The third kappa shape index (κ3) is 1.58. The van der Waals surface area contributed by atoms with Gasteiger partial charge in [0.1, 0.15) is 0 Å². The summed E-state index contributed by atoms with van der Waals surface area (Å²) in [5.74, 6) is 0.211. The van der Waals surface area contributed by atoms with Crippen molar-refractivity contribution < 1.29 is 9.59 Å². The molecule has 0 aromatic heterocycles. The number of carbonyl (C=O) groups excluding carboxylic acids is 2. The van der Waals surface area contributed by atoms with E-state index in [-0.39, 0.29) is 17.9 Å². The van der Waals surface area contributed by atoms with Gasteiger partial charge in [0.25, 0.3) is 11.8 Å². The monoisotopic (exact) mass is 241 g/mol. The molecule has 3 nitrogen and oxygen atoms in total. The third-order valence-electron chi connectivity index (χ3n) is 3.70. The van der Waals surface area contributed by atoms with Crippen molar-refractivity contribution in [2.75, 3.05) is 0 Å². The molecular formula is C15H15NO2. The fourth-order valence-corrected chi connectivity index (χ4v) is 2.76. The summed E-state index contributed by atoms with van der Waals surface area (Å²) >= 11 is 0. The smallest absolute Gasteiger partial charge is 0.262 e. The summed E-state index contributed by atoms with van der Waals surface area (Å²) in [6.45, 7) is 2.15. The SMILES string of the molecule is CC1CC=CC(N2C(=O)c3ccccc3C2=O)C1. The van der Waals surface area contributed by atoms with Crippen LogP contribution in [0, 0.1) is 5.92 Å². The van der Waals surface area contributed by atoms with Crippen LogP contribution in [0.25, 0.3) is 0 Å². The molecule has 1 aliphatic heterocycles. The average Bonchev–Trinajstić information content (AvgIpc) is 2.63. The van der Waals surface area contributed by atoms with Gasteiger partial charge in [-0.3, -0.25) is 14.5 Å². The molecule has 0 spiro atoms. The molecule has 3 rings (SSSR count). The van der Waals surface area contributed by atoms with Crippen LogP contribution in [0.2, 0.25) is 0 Å². The molecule has 2 aliphatic rings. The number of fused-ring (bicyclic) bond motifs is 1. The Labute approximate surface area is 106 Å². The van der Waals surface area contributed by atoms with Crippen molar-refractivity contribution in [3.63, 3.8) is 0 Å². The highest BCUT2D eigenvalue weighted by Crippen LogP contribution is 2.29.